The molecule has 19 heavy (non-hydrogen) atoms. The van der Waals surface area contributed by atoms with Crippen molar-refractivity contribution < 1.29 is 9.84 Å². The molecule has 0 amide bonds. The van der Waals surface area contributed by atoms with E-state index in [1.165, 1.54) is 12.8 Å². The number of nitrogens with zero attached hydrogens (tertiary/aromatic N) is 1. The van der Waals surface area contributed by atoms with Gasteiger partial charge in [-0.1, -0.05) is 34.1 Å². The molecule has 0 aliphatic carbocycles. The van der Waals surface area contributed by atoms with Gasteiger partial charge in [-0.3, -0.25) is 4.90 Å². The highest BCUT2D eigenvalue weighted by Gasteiger charge is 2.26. The van der Waals surface area contributed by atoms with Crippen LogP contribution in [0.25, 0.3) is 0 Å². The van der Waals surface area contributed by atoms with Gasteiger partial charge in [-0.2, -0.15) is 0 Å². The quantitative estimate of drug-likeness (QED) is 0.569. The van der Waals surface area contributed by atoms with Crippen LogP contribution >= 0.6 is 0 Å². The highest BCUT2D eigenvalue weighted by molar-refractivity contribution is 4.81. The van der Waals surface area contributed by atoms with Gasteiger partial charge in [0.1, 0.15) is 0 Å². The number of aliphatic hydroxyl groups is 1. The summed E-state index contributed by atoms with van der Waals surface area (Å²) in [5, 5.41) is 12.7. The maximum absolute atomic E-state index is 9.18. The van der Waals surface area contributed by atoms with Crippen LogP contribution in [-0.2, 0) is 4.74 Å². The molecule has 0 spiro atoms. The fourth-order valence-corrected chi connectivity index (χ4v) is 2.45. The van der Waals surface area contributed by atoms with Crippen LogP contribution in [0.15, 0.2) is 0 Å². The van der Waals surface area contributed by atoms with Gasteiger partial charge in [0.2, 0.25) is 0 Å². The van der Waals surface area contributed by atoms with Crippen molar-refractivity contribution in [1.29, 1.82) is 0 Å². The first-order valence-corrected chi connectivity index (χ1v) is 7.53. The number of hydrogen-bond donors (Lipinski definition) is 2. The Morgan fingerprint density at radius 2 is 2.00 bits per heavy atom. The molecule has 0 aliphatic heterocycles. The van der Waals surface area contributed by atoms with Gasteiger partial charge in [0.15, 0.2) is 0 Å². The predicted octanol–water partition coefficient (Wildman–Crippen LogP) is 1.73. The first-order valence-electron chi connectivity index (χ1n) is 7.53. The third kappa shape index (κ3) is 9.38. The maximum atomic E-state index is 9.18. The Balaban J connectivity index is 4.46. The molecule has 4 nitrogen and oxygen atoms in total. The smallest absolute Gasteiger partial charge is 0.0589 e. The highest BCUT2D eigenvalue weighted by Crippen LogP contribution is 2.24. The molecule has 0 fully saturated rings. The summed E-state index contributed by atoms with van der Waals surface area (Å²) in [5.74, 6) is 0. The zero-order chi connectivity index (χ0) is 14.7. The molecule has 2 N–H and O–H groups in total. The Morgan fingerprint density at radius 3 is 2.47 bits per heavy atom. The maximum Gasteiger partial charge on any atom is 0.0589 e. The second-order valence-corrected chi connectivity index (χ2v) is 6.09. The average molecular weight is 274 g/mol. The predicted molar refractivity (Wildman–Crippen MR) is 81.6 cm³/mol. The molecule has 0 heterocycles. The fourth-order valence-electron chi connectivity index (χ4n) is 2.45. The number of nitrogens with one attached hydrogen (secondary N) is 1. The Bertz CT molecular complexity index is 212. The van der Waals surface area contributed by atoms with E-state index >= 15 is 0 Å². The molecule has 116 valence electrons. The molecule has 0 bridgehead atoms. The van der Waals surface area contributed by atoms with Crippen LogP contribution in [0.1, 0.15) is 40.5 Å². The molecule has 0 saturated heterocycles. The van der Waals surface area contributed by atoms with E-state index in [4.69, 9.17) is 4.74 Å². The van der Waals surface area contributed by atoms with Gasteiger partial charge in [-0.15, -0.1) is 0 Å². The lowest BCUT2D eigenvalue weighted by atomic mass is 9.84. The lowest BCUT2D eigenvalue weighted by molar-refractivity contribution is 0.0903. The molecular weight excluding hydrogens is 240 g/mol. The van der Waals surface area contributed by atoms with E-state index < -0.39 is 0 Å². The average Bonchev–Trinajstić information content (AvgIpc) is 2.34. The van der Waals surface area contributed by atoms with E-state index in [-0.39, 0.29) is 12.0 Å². The Labute approximate surface area is 119 Å². The molecule has 1 unspecified atom stereocenters. The van der Waals surface area contributed by atoms with Crippen LogP contribution < -0.4 is 5.32 Å². The highest BCUT2D eigenvalue weighted by atomic mass is 16.5. The van der Waals surface area contributed by atoms with Crippen molar-refractivity contribution in [2.45, 2.75) is 46.6 Å². The standard InChI is InChI=1S/C15H34N2O2/c1-6-7-15(4,12-16-14(2)3)13-17(8-10-18)9-11-19-5/h14,16,18H,6-13H2,1-5H3. The van der Waals surface area contributed by atoms with Crippen LogP contribution in [-0.4, -0.2) is 62.6 Å². The monoisotopic (exact) mass is 274 g/mol. The zero-order valence-electron chi connectivity index (χ0n) is 13.5. The Hall–Kier alpha value is -0.160. The molecule has 0 saturated carbocycles. The van der Waals surface area contributed by atoms with E-state index in [2.05, 4.69) is 37.9 Å². The number of methoxy groups -OCH3 is 1. The molecule has 0 radical (unpaired) electrons. The van der Waals surface area contributed by atoms with E-state index in [0.717, 1.165) is 32.8 Å². The van der Waals surface area contributed by atoms with Crippen LogP contribution in [0.4, 0.5) is 0 Å². The summed E-state index contributed by atoms with van der Waals surface area (Å²) in [7, 11) is 1.72. The van der Waals surface area contributed by atoms with Crippen molar-refractivity contribution in [3.8, 4) is 0 Å². The lowest BCUT2D eigenvalue weighted by Gasteiger charge is -2.36. The summed E-state index contributed by atoms with van der Waals surface area (Å²) in [6.07, 6.45) is 2.38. The van der Waals surface area contributed by atoms with Crippen LogP contribution in [0.5, 0.6) is 0 Å². The number of aliphatic hydroxyl groups excluding tert-OH is 1. The number of ether oxygens (including phenoxy) is 1. The summed E-state index contributed by atoms with van der Waals surface area (Å²) in [5.41, 5.74) is 0.252. The molecule has 0 aliphatic rings. The van der Waals surface area contributed by atoms with Crippen LogP contribution in [0.2, 0.25) is 0 Å². The van der Waals surface area contributed by atoms with E-state index in [9.17, 15) is 5.11 Å². The van der Waals surface area contributed by atoms with Crippen molar-refractivity contribution >= 4 is 0 Å². The second kappa shape index (κ2) is 10.6. The molecule has 0 aromatic rings. The van der Waals surface area contributed by atoms with Crippen molar-refractivity contribution in [1.82, 2.24) is 10.2 Å². The van der Waals surface area contributed by atoms with E-state index in [1.807, 2.05) is 0 Å². The molecule has 0 rings (SSSR count). The molecule has 0 aromatic heterocycles. The third-order valence-corrected chi connectivity index (χ3v) is 3.42. The molecule has 1 atom stereocenters. The van der Waals surface area contributed by atoms with Gasteiger partial charge in [0, 0.05) is 39.3 Å². The van der Waals surface area contributed by atoms with Crippen LogP contribution in [0, 0.1) is 5.41 Å². The largest absolute Gasteiger partial charge is 0.395 e. The SMILES string of the molecule is CCCC(C)(CNC(C)C)CN(CCO)CCOC. The van der Waals surface area contributed by atoms with Gasteiger partial charge in [-0.05, 0) is 11.8 Å². The summed E-state index contributed by atoms with van der Waals surface area (Å²) in [6.45, 7) is 13.5. The van der Waals surface area contributed by atoms with Gasteiger partial charge in [0.05, 0.1) is 13.2 Å². The number of hydrogen-bond acceptors (Lipinski definition) is 4. The van der Waals surface area contributed by atoms with Gasteiger partial charge >= 0.3 is 0 Å². The first kappa shape index (κ1) is 18.8. The summed E-state index contributed by atoms with van der Waals surface area (Å²) >= 11 is 0. The van der Waals surface area contributed by atoms with E-state index in [0.29, 0.717) is 6.04 Å². The first-order chi connectivity index (χ1) is 8.97. The minimum Gasteiger partial charge on any atom is -0.395 e. The minimum absolute atomic E-state index is 0.212. The Morgan fingerprint density at radius 1 is 1.32 bits per heavy atom. The minimum atomic E-state index is 0.212. The molecule has 0 aromatic carbocycles. The summed E-state index contributed by atoms with van der Waals surface area (Å²) in [4.78, 5) is 2.31. The van der Waals surface area contributed by atoms with Crippen molar-refractivity contribution in [2.75, 3.05) is 46.5 Å². The summed E-state index contributed by atoms with van der Waals surface area (Å²) in [6, 6.07) is 0.515. The van der Waals surface area contributed by atoms with Crippen molar-refractivity contribution in [3.05, 3.63) is 0 Å². The lowest BCUT2D eigenvalue weighted by Crippen LogP contribution is -2.45. The third-order valence-electron chi connectivity index (χ3n) is 3.42. The molecule has 4 heteroatoms. The van der Waals surface area contributed by atoms with Crippen molar-refractivity contribution in [2.24, 2.45) is 5.41 Å². The van der Waals surface area contributed by atoms with Gasteiger partial charge in [-0.25, -0.2) is 0 Å². The fraction of sp³-hybridized carbons (Fsp3) is 1.00. The Kier molecular flexibility index (Phi) is 10.5. The summed E-state index contributed by atoms with van der Waals surface area (Å²) < 4.78 is 5.15. The van der Waals surface area contributed by atoms with Crippen LogP contribution in [0.3, 0.4) is 0 Å². The van der Waals surface area contributed by atoms with Gasteiger partial charge < -0.3 is 15.2 Å². The second-order valence-electron chi connectivity index (χ2n) is 6.09. The molecular formula is C15H34N2O2. The van der Waals surface area contributed by atoms with Gasteiger partial charge in [0.25, 0.3) is 0 Å². The zero-order valence-corrected chi connectivity index (χ0v) is 13.5. The van der Waals surface area contributed by atoms with E-state index in [1.54, 1.807) is 7.11 Å². The topological polar surface area (TPSA) is 44.7 Å². The number of rotatable bonds is 12. The normalized spacial score (nSPS) is 15.2. The van der Waals surface area contributed by atoms with Crippen molar-refractivity contribution in [3.63, 3.8) is 0 Å².